The van der Waals surface area contributed by atoms with E-state index in [0.29, 0.717) is 33.7 Å². The summed E-state index contributed by atoms with van der Waals surface area (Å²) in [5.41, 5.74) is 1.35. The van der Waals surface area contributed by atoms with E-state index in [1.54, 1.807) is 45.0 Å². The maximum Gasteiger partial charge on any atom is 0.342 e. The van der Waals surface area contributed by atoms with E-state index in [2.05, 4.69) is 18.7 Å². The fourth-order valence-corrected chi connectivity index (χ4v) is 5.37. The summed E-state index contributed by atoms with van der Waals surface area (Å²) in [6.45, 7) is 11.5. The molecular weight excluding hydrogens is 531 g/mol. The normalized spacial score (nSPS) is 12.4. The van der Waals surface area contributed by atoms with Gasteiger partial charge < -0.3 is 18.8 Å². The van der Waals surface area contributed by atoms with Crippen LogP contribution in [0.15, 0.2) is 64.3 Å². The van der Waals surface area contributed by atoms with Crippen LogP contribution in [0.3, 0.4) is 0 Å². The Kier molecular flexibility index (Phi) is 10.8. The van der Waals surface area contributed by atoms with Crippen LogP contribution < -0.4 is 4.74 Å². The Morgan fingerprint density at radius 3 is 2.55 bits per heavy atom. The molecule has 1 aromatic heterocycles. The highest BCUT2D eigenvalue weighted by molar-refractivity contribution is 7.84. The number of benzene rings is 2. The molecule has 0 aliphatic heterocycles. The van der Waals surface area contributed by atoms with Crippen molar-refractivity contribution in [3.63, 3.8) is 0 Å². The highest BCUT2D eigenvalue weighted by Gasteiger charge is 2.28. The van der Waals surface area contributed by atoms with Crippen molar-refractivity contribution in [2.24, 2.45) is 0 Å². The number of carbonyl (C=O) groups is 1. The lowest BCUT2D eigenvalue weighted by atomic mass is 9.99. The molecule has 2 aromatic carbocycles. The average molecular weight is 567 g/mol. The number of furan rings is 1. The molecule has 0 saturated heterocycles. The quantitative estimate of drug-likeness (QED) is 0.228. The number of carbonyl (C=O) groups excluding carboxylic acids is 1. The molecule has 1 heterocycles. The Hall–Kier alpha value is -3.74. The first-order valence-electron chi connectivity index (χ1n) is 13.1. The second kappa shape index (κ2) is 14.1. The maximum atomic E-state index is 14.2. The number of nitrogens with zero attached hydrogens (tertiary/aromatic N) is 2. The van der Waals surface area contributed by atoms with Crippen molar-refractivity contribution in [1.29, 1.82) is 5.26 Å². The molecule has 0 radical (unpaired) electrons. The van der Waals surface area contributed by atoms with Gasteiger partial charge in [0.25, 0.3) is 0 Å². The summed E-state index contributed by atoms with van der Waals surface area (Å²) in [6.07, 6.45) is 6.68. The first-order chi connectivity index (χ1) is 19.1. The summed E-state index contributed by atoms with van der Waals surface area (Å²) in [5.74, 6) is -1.03. The molecule has 0 aliphatic rings. The number of nitriles is 1. The van der Waals surface area contributed by atoms with Crippen LogP contribution in [0.2, 0.25) is 0 Å². The SMILES string of the molecule is CCN(CC)C/C=C\c1cc(F)ccc1S(=O)Cc1ccc(-c2ccoc2)c(OCC#N)c1C(=O)OC(C)(C)C. The monoisotopic (exact) mass is 566 g/mol. The van der Waals surface area contributed by atoms with E-state index in [4.69, 9.17) is 13.9 Å². The molecule has 0 N–H and O–H groups in total. The molecule has 0 fully saturated rings. The van der Waals surface area contributed by atoms with Crippen LogP contribution in [-0.2, 0) is 21.3 Å². The van der Waals surface area contributed by atoms with E-state index in [1.165, 1.54) is 30.7 Å². The number of esters is 1. The lowest BCUT2D eigenvalue weighted by molar-refractivity contribution is 0.00653. The molecule has 212 valence electrons. The van der Waals surface area contributed by atoms with Crippen molar-refractivity contribution < 1.29 is 27.3 Å². The number of likely N-dealkylation sites (N-methyl/N-ethyl adjacent to an activating group) is 1. The lowest BCUT2D eigenvalue weighted by Crippen LogP contribution is -2.25. The molecule has 1 unspecified atom stereocenters. The second-order valence-electron chi connectivity index (χ2n) is 10.00. The zero-order valence-electron chi connectivity index (χ0n) is 23.5. The number of ether oxygens (including phenoxy) is 2. The first-order valence-corrected chi connectivity index (χ1v) is 14.4. The zero-order chi connectivity index (χ0) is 29.3. The average Bonchev–Trinajstić information content (AvgIpc) is 3.43. The zero-order valence-corrected chi connectivity index (χ0v) is 24.3. The molecule has 40 heavy (non-hydrogen) atoms. The largest absolute Gasteiger partial charge is 0.477 e. The van der Waals surface area contributed by atoms with Crippen molar-refractivity contribution in [1.82, 2.24) is 4.90 Å². The van der Waals surface area contributed by atoms with Gasteiger partial charge in [-0.3, -0.25) is 4.21 Å². The van der Waals surface area contributed by atoms with Gasteiger partial charge in [0.1, 0.15) is 28.8 Å². The topological polar surface area (TPSA) is 92.8 Å². The van der Waals surface area contributed by atoms with Gasteiger partial charge in [0.05, 0.1) is 29.1 Å². The molecule has 3 aromatic rings. The summed E-state index contributed by atoms with van der Waals surface area (Å²) in [7, 11) is -1.66. The predicted octanol–water partition coefficient (Wildman–Crippen LogP) is 6.61. The van der Waals surface area contributed by atoms with Gasteiger partial charge >= 0.3 is 5.97 Å². The van der Waals surface area contributed by atoms with Gasteiger partial charge in [0.2, 0.25) is 0 Å². The second-order valence-corrected chi connectivity index (χ2v) is 11.4. The van der Waals surface area contributed by atoms with E-state index in [-0.39, 0.29) is 23.7 Å². The van der Waals surface area contributed by atoms with Crippen molar-refractivity contribution >= 4 is 22.8 Å². The van der Waals surface area contributed by atoms with Gasteiger partial charge in [-0.2, -0.15) is 5.26 Å². The van der Waals surface area contributed by atoms with Crippen LogP contribution in [0.4, 0.5) is 4.39 Å². The van der Waals surface area contributed by atoms with E-state index in [1.807, 2.05) is 12.1 Å². The molecule has 9 heteroatoms. The van der Waals surface area contributed by atoms with Crippen LogP contribution >= 0.6 is 0 Å². The number of halogens is 1. The standard InChI is InChI=1S/C31H35FN2O5S/c1-6-34(7-2)16-8-9-22-19-25(32)11-13-27(22)40(36)21-24-10-12-26(23-14-17-37-20-23)29(38-18-15-33)28(24)30(35)39-31(3,4)5/h8-14,17,19-20H,6-7,16,18,21H2,1-5H3/b9-8-. The van der Waals surface area contributed by atoms with Gasteiger partial charge in [0.15, 0.2) is 6.61 Å². The maximum absolute atomic E-state index is 14.2. The van der Waals surface area contributed by atoms with E-state index in [9.17, 15) is 18.7 Å². The summed E-state index contributed by atoms with van der Waals surface area (Å²) in [4.78, 5) is 16.1. The minimum atomic E-state index is -1.66. The lowest BCUT2D eigenvalue weighted by Gasteiger charge is -2.23. The Morgan fingerprint density at radius 1 is 1.18 bits per heavy atom. The third-order valence-corrected chi connectivity index (χ3v) is 7.45. The fraction of sp³-hybridized carbons (Fsp3) is 0.355. The summed E-state index contributed by atoms with van der Waals surface area (Å²) < 4.78 is 44.6. The van der Waals surface area contributed by atoms with Crippen molar-refractivity contribution in [2.75, 3.05) is 26.2 Å². The molecule has 7 nitrogen and oxygen atoms in total. The molecular formula is C31H35FN2O5S. The third kappa shape index (κ3) is 8.13. The molecule has 0 bridgehead atoms. The van der Waals surface area contributed by atoms with Gasteiger partial charge in [-0.05, 0) is 69.3 Å². The predicted molar refractivity (Wildman–Crippen MR) is 154 cm³/mol. The van der Waals surface area contributed by atoms with Crippen molar-refractivity contribution in [3.8, 4) is 22.9 Å². The van der Waals surface area contributed by atoms with E-state index in [0.717, 1.165) is 13.1 Å². The smallest absolute Gasteiger partial charge is 0.342 e. The molecule has 3 rings (SSSR count). The van der Waals surface area contributed by atoms with E-state index >= 15 is 0 Å². The van der Waals surface area contributed by atoms with Gasteiger partial charge in [-0.15, -0.1) is 0 Å². The van der Waals surface area contributed by atoms with Crippen LogP contribution in [0.1, 0.15) is 56.1 Å². The number of hydrogen-bond donors (Lipinski definition) is 0. The summed E-state index contributed by atoms with van der Waals surface area (Å²) in [6, 6.07) is 11.2. The fourth-order valence-electron chi connectivity index (χ4n) is 4.08. The van der Waals surface area contributed by atoms with Crippen LogP contribution in [-0.4, -0.2) is 46.9 Å². The molecule has 0 amide bonds. The Labute approximate surface area is 237 Å². The first kappa shape index (κ1) is 30.8. The van der Waals surface area contributed by atoms with Crippen LogP contribution in [0.5, 0.6) is 5.75 Å². The van der Waals surface area contributed by atoms with Crippen LogP contribution in [0.25, 0.3) is 17.2 Å². The molecule has 1 atom stereocenters. The Bertz CT molecular complexity index is 1400. The van der Waals surface area contributed by atoms with Crippen molar-refractivity contribution in [3.05, 3.63) is 77.5 Å². The summed E-state index contributed by atoms with van der Waals surface area (Å²) in [5, 5.41) is 9.22. The minimum Gasteiger partial charge on any atom is -0.477 e. The highest BCUT2D eigenvalue weighted by Crippen LogP contribution is 2.38. The highest BCUT2D eigenvalue weighted by atomic mass is 32.2. The van der Waals surface area contributed by atoms with Gasteiger partial charge in [0, 0.05) is 22.6 Å². The molecule has 0 spiro atoms. The third-order valence-electron chi connectivity index (χ3n) is 6.02. The van der Waals surface area contributed by atoms with E-state index < -0.39 is 28.2 Å². The number of hydrogen-bond acceptors (Lipinski definition) is 7. The summed E-state index contributed by atoms with van der Waals surface area (Å²) >= 11 is 0. The van der Waals surface area contributed by atoms with Crippen molar-refractivity contribution in [2.45, 2.75) is 50.9 Å². The molecule has 0 saturated carbocycles. The molecule has 0 aliphatic carbocycles. The Balaban J connectivity index is 2.08. The van der Waals surface area contributed by atoms with Crippen LogP contribution in [0, 0.1) is 17.1 Å². The van der Waals surface area contributed by atoms with Gasteiger partial charge in [-0.25, -0.2) is 9.18 Å². The Morgan fingerprint density at radius 2 is 1.93 bits per heavy atom. The van der Waals surface area contributed by atoms with Gasteiger partial charge in [-0.1, -0.05) is 38.1 Å². The minimum absolute atomic E-state index is 0.0638. The number of rotatable bonds is 12.